The zero-order valence-electron chi connectivity index (χ0n) is 23.7. The van der Waals surface area contributed by atoms with E-state index >= 15 is 0 Å². The van der Waals surface area contributed by atoms with Gasteiger partial charge in [0.15, 0.2) is 0 Å². The van der Waals surface area contributed by atoms with Crippen molar-refractivity contribution in [3.63, 3.8) is 0 Å². The highest BCUT2D eigenvalue weighted by molar-refractivity contribution is 6.21. The standard InChI is InChI=1S/C28H18/c1-4-12-23-19(8-1)16-17-20-11-7-15-26(27(20)23)28-24-13-5-2-9-21(24)18-22-10-3-6-14-25(22)28/h1-18H/i2D,3D,5D,6D,9D,10D,13D,14D,18D. The van der Waals surface area contributed by atoms with E-state index in [2.05, 4.69) is 0 Å². The SMILES string of the molecule is [2H]c1c([2H])c([2H])c2c(-c3cccc4ccc5ccccc5c34)c3c([2H])c([2H])c([2H])c([2H])c3c([2H])c2c1[2H]. The summed E-state index contributed by atoms with van der Waals surface area (Å²) in [5, 5.41) is 3.50. The third-order valence-corrected chi connectivity index (χ3v) is 5.16. The van der Waals surface area contributed by atoms with Gasteiger partial charge in [0, 0.05) is 0 Å². The van der Waals surface area contributed by atoms with E-state index in [0.717, 1.165) is 21.5 Å². The summed E-state index contributed by atoms with van der Waals surface area (Å²) in [6.45, 7) is 0. The van der Waals surface area contributed by atoms with Crippen LogP contribution in [0.4, 0.5) is 0 Å². The molecule has 0 unspecified atom stereocenters. The highest BCUT2D eigenvalue weighted by Crippen LogP contribution is 2.41. The monoisotopic (exact) mass is 363 g/mol. The van der Waals surface area contributed by atoms with Crippen LogP contribution in [0.2, 0.25) is 0 Å². The van der Waals surface area contributed by atoms with Crippen LogP contribution in [0.15, 0.2) is 109 Å². The van der Waals surface area contributed by atoms with Crippen molar-refractivity contribution in [1.29, 1.82) is 0 Å². The number of hydrogen-bond acceptors (Lipinski definition) is 0. The molecule has 6 aromatic rings. The van der Waals surface area contributed by atoms with Crippen LogP contribution >= 0.6 is 0 Å². The topological polar surface area (TPSA) is 0 Å². The predicted octanol–water partition coefficient (Wildman–Crippen LogP) is 7.97. The van der Waals surface area contributed by atoms with E-state index in [-0.39, 0.29) is 45.2 Å². The maximum atomic E-state index is 8.90. The summed E-state index contributed by atoms with van der Waals surface area (Å²) in [5.74, 6) is 0. The molecule has 0 spiro atoms. The molecule has 0 aliphatic heterocycles. The van der Waals surface area contributed by atoms with Gasteiger partial charge in [-0.1, -0.05) is 103 Å². The van der Waals surface area contributed by atoms with Crippen molar-refractivity contribution in [1.82, 2.24) is 0 Å². The van der Waals surface area contributed by atoms with Gasteiger partial charge in [0.05, 0.1) is 12.3 Å². The van der Waals surface area contributed by atoms with Crippen LogP contribution in [0, 0.1) is 0 Å². The van der Waals surface area contributed by atoms with Gasteiger partial charge in [-0.15, -0.1) is 0 Å². The normalized spacial score (nSPS) is 16.1. The van der Waals surface area contributed by atoms with Crippen molar-refractivity contribution >= 4 is 43.1 Å². The average Bonchev–Trinajstić information content (AvgIpc) is 2.91. The van der Waals surface area contributed by atoms with Gasteiger partial charge < -0.3 is 0 Å². The van der Waals surface area contributed by atoms with Crippen molar-refractivity contribution in [3.8, 4) is 11.1 Å². The highest BCUT2D eigenvalue weighted by Gasteiger charge is 2.13. The van der Waals surface area contributed by atoms with E-state index in [1.54, 1.807) is 6.07 Å². The maximum Gasteiger partial charge on any atom is 0.0636 e. The van der Waals surface area contributed by atoms with Gasteiger partial charge in [0.1, 0.15) is 0 Å². The molecule has 130 valence electrons. The third-order valence-electron chi connectivity index (χ3n) is 5.16. The first-order valence-corrected chi connectivity index (χ1v) is 8.98. The molecule has 0 bridgehead atoms. The Bertz CT molecular complexity index is 1900. The van der Waals surface area contributed by atoms with Crippen LogP contribution in [-0.4, -0.2) is 0 Å². The molecular formula is C28H18. The molecule has 0 aromatic heterocycles. The Kier molecular flexibility index (Phi) is 1.91. The average molecular weight is 364 g/mol. The second kappa shape index (κ2) is 5.94. The minimum absolute atomic E-state index is 0.0639. The zero-order chi connectivity index (χ0) is 26.3. The van der Waals surface area contributed by atoms with Gasteiger partial charge in [-0.25, -0.2) is 0 Å². The Morgan fingerprint density at radius 2 is 1.14 bits per heavy atom. The molecule has 0 fully saturated rings. The number of rotatable bonds is 1. The molecule has 0 amide bonds. The molecule has 0 radical (unpaired) electrons. The molecule has 0 saturated carbocycles. The summed E-state index contributed by atoms with van der Waals surface area (Å²) in [6.07, 6.45) is 0. The Morgan fingerprint density at radius 3 is 1.93 bits per heavy atom. The lowest BCUT2D eigenvalue weighted by molar-refractivity contribution is 1.71. The largest absolute Gasteiger partial charge is 0.0636 e. The van der Waals surface area contributed by atoms with Gasteiger partial charge >= 0.3 is 0 Å². The quantitative estimate of drug-likeness (QED) is 0.205. The van der Waals surface area contributed by atoms with E-state index in [1.807, 2.05) is 48.5 Å². The summed E-state index contributed by atoms with van der Waals surface area (Å²) in [5.41, 5.74) is 0.835. The van der Waals surface area contributed by atoms with Crippen molar-refractivity contribution in [2.45, 2.75) is 0 Å². The molecule has 0 aliphatic carbocycles. The van der Waals surface area contributed by atoms with Gasteiger partial charge in [-0.2, -0.15) is 0 Å². The van der Waals surface area contributed by atoms with E-state index in [9.17, 15) is 0 Å². The Balaban J connectivity index is 2.03. The lowest BCUT2D eigenvalue weighted by Crippen LogP contribution is -1.88. The zero-order valence-corrected chi connectivity index (χ0v) is 14.7. The number of fused-ring (bicyclic) bond motifs is 5. The third kappa shape index (κ3) is 2.18. The van der Waals surface area contributed by atoms with Gasteiger partial charge in [0.25, 0.3) is 0 Å². The Morgan fingerprint density at radius 1 is 0.500 bits per heavy atom. The molecule has 28 heavy (non-hydrogen) atoms. The molecule has 0 aliphatic rings. The van der Waals surface area contributed by atoms with E-state index in [0.29, 0.717) is 5.56 Å². The van der Waals surface area contributed by atoms with Crippen LogP contribution in [0.25, 0.3) is 54.2 Å². The molecule has 6 aromatic carbocycles. The number of benzene rings is 6. The van der Waals surface area contributed by atoms with Crippen molar-refractivity contribution < 1.29 is 12.3 Å². The van der Waals surface area contributed by atoms with Crippen LogP contribution in [0.5, 0.6) is 0 Å². The summed E-state index contributed by atoms with van der Waals surface area (Å²) < 4.78 is 76.9. The van der Waals surface area contributed by atoms with Crippen molar-refractivity contribution in [3.05, 3.63) is 109 Å². The molecular weight excluding hydrogens is 336 g/mol. The van der Waals surface area contributed by atoms with E-state index in [4.69, 9.17) is 12.3 Å². The second-order valence-corrected chi connectivity index (χ2v) is 6.69. The molecule has 6 rings (SSSR count). The molecule has 0 heteroatoms. The minimum Gasteiger partial charge on any atom is -0.0616 e. The molecule has 0 N–H and O–H groups in total. The lowest BCUT2D eigenvalue weighted by Gasteiger charge is -2.15. The first-order valence-electron chi connectivity index (χ1n) is 13.5. The maximum absolute atomic E-state index is 8.90. The fourth-order valence-electron chi connectivity index (χ4n) is 3.97. The van der Waals surface area contributed by atoms with Gasteiger partial charge in [0.2, 0.25) is 0 Å². The van der Waals surface area contributed by atoms with E-state index in [1.165, 1.54) is 0 Å². The van der Waals surface area contributed by atoms with Crippen LogP contribution in [0.1, 0.15) is 12.3 Å². The molecule has 0 atom stereocenters. The summed E-state index contributed by atoms with van der Waals surface area (Å²) in [4.78, 5) is 0. The summed E-state index contributed by atoms with van der Waals surface area (Å²) in [7, 11) is 0. The summed E-state index contributed by atoms with van der Waals surface area (Å²) in [6, 6.07) is 13.4. The lowest BCUT2D eigenvalue weighted by atomic mass is 9.88. The Labute approximate surface area is 176 Å². The molecule has 0 heterocycles. The van der Waals surface area contributed by atoms with Gasteiger partial charge in [-0.3, -0.25) is 0 Å². The number of hydrogen-bond donors (Lipinski definition) is 0. The smallest absolute Gasteiger partial charge is 0.0616 e. The minimum atomic E-state index is -0.500. The predicted molar refractivity (Wildman–Crippen MR) is 122 cm³/mol. The Hall–Kier alpha value is -3.64. The van der Waals surface area contributed by atoms with Gasteiger partial charge in [-0.05, 0) is 60.3 Å². The van der Waals surface area contributed by atoms with Crippen LogP contribution in [-0.2, 0) is 0 Å². The molecule has 0 saturated heterocycles. The molecule has 0 nitrogen and oxygen atoms in total. The van der Waals surface area contributed by atoms with Crippen molar-refractivity contribution in [2.24, 2.45) is 0 Å². The van der Waals surface area contributed by atoms with Crippen LogP contribution in [0.3, 0.4) is 0 Å². The van der Waals surface area contributed by atoms with Crippen LogP contribution < -0.4 is 0 Å². The highest BCUT2D eigenvalue weighted by atomic mass is 14.2. The summed E-state index contributed by atoms with van der Waals surface area (Å²) >= 11 is 0. The fraction of sp³-hybridized carbons (Fsp3) is 0. The first-order chi connectivity index (χ1) is 17.6. The first kappa shape index (κ1) is 9.03. The van der Waals surface area contributed by atoms with Crippen molar-refractivity contribution in [2.75, 3.05) is 0 Å². The second-order valence-electron chi connectivity index (χ2n) is 6.69. The fourth-order valence-corrected chi connectivity index (χ4v) is 3.97. The van der Waals surface area contributed by atoms with E-state index < -0.39 is 36.3 Å².